The van der Waals surface area contributed by atoms with Crippen LogP contribution in [0.15, 0.2) is 42.5 Å². The quantitative estimate of drug-likeness (QED) is 0.781. The Labute approximate surface area is 142 Å². The van der Waals surface area contributed by atoms with Gasteiger partial charge in [0.05, 0.1) is 5.56 Å². The van der Waals surface area contributed by atoms with Crippen LogP contribution < -0.4 is 10.6 Å². The van der Waals surface area contributed by atoms with Crippen molar-refractivity contribution < 1.29 is 18.0 Å². The second-order valence-electron chi connectivity index (χ2n) is 5.26. The SMILES string of the molecule is Cc1ccc(Cl)cc1NC(=O)CCNc1ccc(C(F)(F)F)cc1. The third-order valence-electron chi connectivity index (χ3n) is 3.37. The fraction of sp³-hybridized carbons (Fsp3) is 0.235. The number of hydrogen-bond donors (Lipinski definition) is 2. The largest absolute Gasteiger partial charge is 0.416 e. The van der Waals surface area contributed by atoms with E-state index in [0.717, 1.165) is 17.7 Å². The number of halogens is 4. The van der Waals surface area contributed by atoms with Crippen LogP contribution in [0.5, 0.6) is 0 Å². The van der Waals surface area contributed by atoms with Gasteiger partial charge in [-0.25, -0.2) is 0 Å². The van der Waals surface area contributed by atoms with Crippen LogP contribution in [0.1, 0.15) is 17.5 Å². The summed E-state index contributed by atoms with van der Waals surface area (Å²) in [5.74, 6) is -0.209. The molecule has 2 aromatic rings. The van der Waals surface area contributed by atoms with Crippen LogP contribution in [0.4, 0.5) is 24.5 Å². The minimum absolute atomic E-state index is 0.174. The van der Waals surface area contributed by atoms with Crippen LogP contribution in [0.2, 0.25) is 5.02 Å². The first-order valence-corrected chi connectivity index (χ1v) is 7.60. The molecule has 0 bridgehead atoms. The third kappa shape index (κ3) is 5.16. The van der Waals surface area contributed by atoms with E-state index in [1.54, 1.807) is 18.2 Å². The van der Waals surface area contributed by atoms with E-state index >= 15 is 0 Å². The Morgan fingerprint density at radius 3 is 2.42 bits per heavy atom. The maximum atomic E-state index is 12.5. The summed E-state index contributed by atoms with van der Waals surface area (Å²) in [4.78, 5) is 11.9. The Morgan fingerprint density at radius 2 is 1.79 bits per heavy atom. The summed E-state index contributed by atoms with van der Waals surface area (Å²) < 4.78 is 37.4. The molecule has 24 heavy (non-hydrogen) atoms. The lowest BCUT2D eigenvalue weighted by Crippen LogP contribution is -2.16. The van der Waals surface area contributed by atoms with E-state index < -0.39 is 11.7 Å². The minimum Gasteiger partial charge on any atom is -0.385 e. The molecule has 2 N–H and O–H groups in total. The van der Waals surface area contributed by atoms with Gasteiger partial charge in [0, 0.05) is 29.4 Å². The van der Waals surface area contributed by atoms with Crippen LogP contribution in [-0.2, 0) is 11.0 Å². The van der Waals surface area contributed by atoms with E-state index in [1.807, 2.05) is 6.92 Å². The van der Waals surface area contributed by atoms with Gasteiger partial charge in [0.1, 0.15) is 0 Å². The first-order valence-electron chi connectivity index (χ1n) is 7.23. The summed E-state index contributed by atoms with van der Waals surface area (Å²) in [5, 5.41) is 6.19. The highest BCUT2D eigenvalue weighted by atomic mass is 35.5. The van der Waals surface area contributed by atoms with Gasteiger partial charge >= 0.3 is 6.18 Å². The molecule has 2 aromatic carbocycles. The molecule has 0 saturated carbocycles. The van der Waals surface area contributed by atoms with Crippen molar-refractivity contribution in [2.75, 3.05) is 17.2 Å². The van der Waals surface area contributed by atoms with E-state index in [9.17, 15) is 18.0 Å². The van der Waals surface area contributed by atoms with Gasteiger partial charge in [-0.15, -0.1) is 0 Å². The van der Waals surface area contributed by atoms with Crippen LogP contribution in [-0.4, -0.2) is 12.5 Å². The Balaban J connectivity index is 1.83. The maximum absolute atomic E-state index is 12.5. The van der Waals surface area contributed by atoms with Crippen molar-refractivity contribution in [2.24, 2.45) is 0 Å². The molecular weight excluding hydrogens is 341 g/mol. The molecule has 0 atom stereocenters. The topological polar surface area (TPSA) is 41.1 Å². The minimum atomic E-state index is -4.35. The van der Waals surface area contributed by atoms with Gasteiger partial charge in [-0.1, -0.05) is 17.7 Å². The highest BCUT2D eigenvalue weighted by molar-refractivity contribution is 6.31. The molecule has 0 spiro atoms. The molecule has 0 unspecified atom stereocenters. The molecule has 0 saturated heterocycles. The highest BCUT2D eigenvalue weighted by Crippen LogP contribution is 2.29. The summed E-state index contributed by atoms with van der Waals surface area (Å²) in [6, 6.07) is 9.87. The average Bonchev–Trinajstić information content (AvgIpc) is 2.50. The van der Waals surface area contributed by atoms with Crippen molar-refractivity contribution >= 4 is 28.9 Å². The van der Waals surface area contributed by atoms with E-state index in [-0.39, 0.29) is 12.3 Å². The zero-order valence-corrected chi connectivity index (χ0v) is 13.6. The van der Waals surface area contributed by atoms with Crippen molar-refractivity contribution in [3.8, 4) is 0 Å². The third-order valence-corrected chi connectivity index (χ3v) is 3.60. The van der Waals surface area contributed by atoms with Gasteiger partial charge in [-0.3, -0.25) is 4.79 Å². The Kier molecular flexibility index (Phi) is 5.72. The van der Waals surface area contributed by atoms with Gasteiger partial charge in [0.2, 0.25) is 5.91 Å². The number of hydrogen-bond acceptors (Lipinski definition) is 2. The fourth-order valence-corrected chi connectivity index (χ4v) is 2.21. The number of nitrogens with one attached hydrogen (secondary N) is 2. The maximum Gasteiger partial charge on any atom is 0.416 e. The summed E-state index contributed by atoms with van der Waals surface area (Å²) in [5.41, 5.74) is 1.35. The van der Waals surface area contributed by atoms with Gasteiger partial charge in [0.15, 0.2) is 0 Å². The average molecular weight is 357 g/mol. The van der Waals surface area contributed by atoms with Crippen molar-refractivity contribution in [3.05, 3.63) is 58.6 Å². The van der Waals surface area contributed by atoms with Crippen molar-refractivity contribution in [2.45, 2.75) is 19.5 Å². The summed E-state index contributed by atoms with van der Waals surface area (Å²) in [6.07, 6.45) is -4.18. The van der Waals surface area contributed by atoms with Gasteiger partial charge in [-0.05, 0) is 48.9 Å². The lowest BCUT2D eigenvalue weighted by atomic mass is 10.2. The molecule has 0 aromatic heterocycles. The Bertz CT molecular complexity index is 715. The molecule has 128 valence electrons. The van der Waals surface area contributed by atoms with E-state index in [0.29, 0.717) is 22.9 Å². The molecule has 0 fully saturated rings. The number of alkyl halides is 3. The zero-order valence-electron chi connectivity index (χ0n) is 12.9. The molecule has 1 amide bonds. The second kappa shape index (κ2) is 7.57. The number of rotatable bonds is 5. The van der Waals surface area contributed by atoms with Crippen molar-refractivity contribution in [1.82, 2.24) is 0 Å². The summed E-state index contributed by atoms with van der Waals surface area (Å²) in [6.45, 7) is 2.16. The number of anilines is 2. The second-order valence-corrected chi connectivity index (χ2v) is 5.70. The highest BCUT2D eigenvalue weighted by Gasteiger charge is 2.29. The van der Waals surface area contributed by atoms with Crippen LogP contribution in [0, 0.1) is 6.92 Å². The molecule has 0 aliphatic heterocycles. The van der Waals surface area contributed by atoms with Crippen LogP contribution in [0.25, 0.3) is 0 Å². The zero-order chi connectivity index (χ0) is 17.7. The fourth-order valence-electron chi connectivity index (χ4n) is 2.04. The monoisotopic (exact) mass is 356 g/mol. The number of carbonyl (C=O) groups is 1. The molecular formula is C17H16ClF3N2O. The van der Waals surface area contributed by atoms with E-state index in [2.05, 4.69) is 10.6 Å². The summed E-state index contributed by atoms with van der Waals surface area (Å²) >= 11 is 5.89. The van der Waals surface area contributed by atoms with E-state index in [1.165, 1.54) is 12.1 Å². The predicted molar refractivity (Wildman–Crippen MR) is 89.4 cm³/mol. The first kappa shape index (κ1) is 18.1. The molecule has 0 heterocycles. The van der Waals surface area contributed by atoms with E-state index in [4.69, 9.17) is 11.6 Å². The van der Waals surface area contributed by atoms with Crippen LogP contribution >= 0.6 is 11.6 Å². The predicted octanol–water partition coefficient (Wildman–Crippen LogP) is 5.11. The molecule has 0 aliphatic rings. The van der Waals surface area contributed by atoms with Crippen molar-refractivity contribution in [3.63, 3.8) is 0 Å². The molecule has 3 nitrogen and oxygen atoms in total. The number of amides is 1. The lowest BCUT2D eigenvalue weighted by Gasteiger charge is -2.11. The van der Waals surface area contributed by atoms with Gasteiger partial charge in [0.25, 0.3) is 0 Å². The number of benzene rings is 2. The molecule has 7 heteroatoms. The summed E-state index contributed by atoms with van der Waals surface area (Å²) in [7, 11) is 0. The molecule has 0 radical (unpaired) electrons. The standard InChI is InChI=1S/C17H16ClF3N2O/c1-11-2-5-13(18)10-15(11)23-16(24)8-9-22-14-6-3-12(4-7-14)17(19,20)21/h2-7,10,22H,8-9H2,1H3,(H,23,24). The molecule has 0 aliphatic carbocycles. The number of aryl methyl sites for hydroxylation is 1. The van der Waals surface area contributed by atoms with Crippen LogP contribution in [0.3, 0.4) is 0 Å². The molecule has 2 rings (SSSR count). The Morgan fingerprint density at radius 1 is 1.12 bits per heavy atom. The first-order chi connectivity index (χ1) is 11.3. The smallest absolute Gasteiger partial charge is 0.385 e. The number of carbonyl (C=O) groups excluding carboxylic acids is 1. The normalized spacial score (nSPS) is 11.2. The van der Waals surface area contributed by atoms with Crippen molar-refractivity contribution in [1.29, 1.82) is 0 Å². The van der Waals surface area contributed by atoms with Gasteiger partial charge in [-0.2, -0.15) is 13.2 Å². The Hall–Kier alpha value is -2.21. The lowest BCUT2D eigenvalue weighted by molar-refractivity contribution is -0.137. The van der Waals surface area contributed by atoms with Gasteiger partial charge < -0.3 is 10.6 Å².